The summed E-state index contributed by atoms with van der Waals surface area (Å²) in [4.78, 5) is 19.8. The van der Waals surface area contributed by atoms with Crippen LogP contribution in [-0.4, -0.2) is 41.4 Å². The van der Waals surface area contributed by atoms with Gasteiger partial charge >= 0.3 is 5.97 Å². The van der Waals surface area contributed by atoms with E-state index < -0.39 is 17.7 Å². The van der Waals surface area contributed by atoms with Crippen molar-refractivity contribution in [1.82, 2.24) is 4.98 Å². The number of hydrogen-bond donors (Lipinski definition) is 2. The fraction of sp³-hybridized carbons (Fsp3) is 0.471. The summed E-state index contributed by atoms with van der Waals surface area (Å²) >= 11 is 0. The molecule has 0 saturated carbocycles. The van der Waals surface area contributed by atoms with Crippen LogP contribution in [0.15, 0.2) is 48.5 Å². The van der Waals surface area contributed by atoms with Crippen LogP contribution in [0, 0.1) is 18.2 Å². The Morgan fingerprint density at radius 2 is 1.71 bits per heavy atom. The molecule has 0 unspecified atom stereocenters. The number of carboxylic acids is 1. The average molecular weight is 578 g/mol. The lowest BCUT2D eigenvalue weighted by atomic mass is 9.81. The molecule has 42 heavy (non-hydrogen) atoms. The normalized spacial score (nSPS) is 15.9. The van der Waals surface area contributed by atoms with Crippen molar-refractivity contribution in [3.8, 4) is 16.9 Å². The van der Waals surface area contributed by atoms with Gasteiger partial charge < -0.3 is 25.2 Å². The first kappa shape index (κ1) is 31.4. The van der Waals surface area contributed by atoms with Crippen molar-refractivity contribution >= 4 is 11.7 Å². The first-order chi connectivity index (χ1) is 19.8. The van der Waals surface area contributed by atoms with E-state index in [9.17, 15) is 14.3 Å². The second kappa shape index (κ2) is 12.8. The van der Waals surface area contributed by atoms with Gasteiger partial charge in [0, 0.05) is 42.9 Å². The quantitative estimate of drug-likeness (QED) is 0.272. The zero-order valence-electron chi connectivity index (χ0n) is 25.7. The number of anilines is 1. The number of benzene rings is 2. The summed E-state index contributed by atoms with van der Waals surface area (Å²) in [6.07, 6.45) is 1.42. The van der Waals surface area contributed by atoms with E-state index in [4.69, 9.17) is 20.2 Å². The van der Waals surface area contributed by atoms with Gasteiger partial charge in [-0.1, -0.05) is 38.1 Å². The first-order valence-electron chi connectivity index (χ1n) is 14.6. The number of piperidine rings is 1. The summed E-state index contributed by atoms with van der Waals surface area (Å²) in [5.74, 6) is -0.603. The number of hydrogen-bond acceptors (Lipinski definition) is 6. The number of ether oxygens (including phenoxy) is 2. The van der Waals surface area contributed by atoms with Gasteiger partial charge in [0.2, 0.25) is 0 Å². The minimum absolute atomic E-state index is 0.205. The Bertz CT molecular complexity index is 1370. The van der Waals surface area contributed by atoms with Crippen LogP contribution in [0.5, 0.6) is 5.75 Å². The second-order valence-electron chi connectivity index (χ2n) is 12.8. The van der Waals surface area contributed by atoms with Crippen molar-refractivity contribution < 1.29 is 23.8 Å². The molecule has 0 bridgehead atoms. The summed E-state index contributed by atoms with van der Waals surface area (Å²) in [6, 6.07) is 14.2. The monoisotopic (exact) mass is 577 g/mol. The molecule has 4 rings (SSSR count). The molecule has 1 saturated heterocycles. The highest BCUT2D eigenvalue weighted by Gasteiger charge is 2.36. The number of rotatable bonds is 10. The molecular formula is C34H44FN3O4. The van der Waals surface area contributed by atoms with E-state index in [1.165, 1.54) is 12.1 Å². The molecule has 1 atom stereocenters. The van der Waals surface area contributed by atoms with Crippen LogP contribution in [0.2, 0.25) is 0 Å². The third-order valence-corrected chi connectivity index (χ3v) is 7.77. The van der Waals surface area contributed by atoms with Gasteiger partial charge in [0.25, 0.3) is 0 Å². The summed E-state index contributed by atoms with van der Waals surface area (Å²) in [6.45, 7) is 14.2. The lowest BCUT2D eigenvalue weighted by Crippen LogP contribution is -2.39. The van der Waals surface area contributed by atoms with Crippen LogP contribution in [0.25, 0.3) is 11.1 Å². The van der Waals surface area contributed by atoms with Gasteiger partial charge in [0.15, 0.2) is 6.10 Å². The molecule has 3 N–H and O–H groups in total. The number of aliphatic carboxylic acids is 1. The van der Waals surface area contributed by atoms with Gasteiger partial charge in [0.05, 0.1) is 23.6 Å². The molecular weight excluding hydrogens is 533 g/mol. The fourth-order valence-electron chi connectivity index (χ4n) is 5.43. The molecule has 7 nitrogen and oxygen atoms in total. The number of nitrogens with zero attached hydrogens (tertiary/aromatic N) is 2. The minimum Gasteiger partial charge on any atom is -0.493 e. The topological polar surface area (TPSA) is 97.9 Å². The average Bonchev–Trinajstić information content (AvgIpc) is 2.92. The van der Waals surface area contributed by atoms with Crippen LogP contribution in [0.1, 0.15) is 76.1 Å². The van der Waals surface area contributed by atoms with Crippen molar-refractivity contribution in [2.45, 2.75) is 79.1 Å². The summed E-state index contributed by atoms with van der Waals surface area (Å²) in [5, 5.41) is 10.4. The third kappa shape index (κ3) is 7.66. The Hall–Kier alpha value is -3.49. The maximum absolute atomic E-state index is 13.2. The van der Waals surface area contributed by atoms with Crippen molar-refractivity contribution in [2.75, 3.05) is 24.6 Å². The third-order valence-electron chi connectivity index (χ3n) is 7.77. The molecule has 1 fully saturated rings. The smallest absolute Gasteiger partial charge is 0.337 e. The van der Waals surface area contributed by atoms with E-state index in [0.717, 1.165) is 48.3 Å². The van der Waals surface area contributed by atoms with Gasteiger partial charge in [-0.2, -0.15) is 0 Å². The van der Waals surface area contributed by atoms with Crippen LogP contribution in [-0.2, 0) is 22.5 Å². The van der Waals surface area contributed by atoms with E-state index in [-0.39, 0.29) is 17.8 Å². The van der Waals surface area contributed by atoms with Crippen molar-refractivity contribution in [3.05, 3.63) is 76.9 Å². The number of carbonyl (C=O) groups is 1. The Kier molecular flexibility index (Phi) is 9.58. The number of aryl methyl sites for hydroxylation is 1. The maximum atomic E-state index is 13.2. The van der Waals surface area contributed by atoms with E-state index in [0.29, 0.717) is 35.7 Å². The molecule has 1 aliphatic heterocycles. The van der Waals surface area contributed by atoms with E-state index >= 15 is 0 Å². The zero-order valence-corrected chi connectivity index (χ0v) is 25.7. The number of halogens is 1. The van der Waals surface area contributed by atoms with E-state index in [1.54, 1.807) is 12.1 Å². The van der Waals surface area contributed by atoms with Crippen LogP contribution < -0.4 is 15.4 Å². The van der Waals surface area contributed by atoms with Crippen LogP contribution >= 0.6 is 0 Å². The van der Waals surface area contributed by atoms with Crippen molar-refractivity contribution in [3.63, 3.8) is 0 Å². The predicted molar refractivity (Wildman–Crippen MR) is 164 cm³/mol. The summed E-state index contributed by atoms with van der Waals surface area (Å²) in [7, 11) is 0. The molecule has 0 radical (unpaired) electrons. The van der Waals surface area contributed by atoms with Crippen LogP contribution in [0.3, 0.4) is 0 Å². The fourth-order valence-corrected chi connectivity index (χ4v) is 5.43. The molecule has 226 valence electrons. The number of pyridine rings is 1. The SMILES string of the molecule is Cc1nc(CN)c(-c2ccc(OCCc3ccc(F)cc3)cc2)c(N2CCC(C)(C)CC2)c1[C@H](OC(C)(C)C)C(=O)O. The minimum atomic E-state index is -1.19. The highest BCUT2D eigenvalue weighted by molar-refractivity contribution is 5.88. The predicted octanol–water partition coefficient (Wildman–Crippen LogP) is 6.84. The van der Waals surface area contributed by atoms with Gasteiger partial charge in [-0.05, 0) is 81.3 Å². The van der Waals surface area contributed by atoms with Gasteiger partial charge in [0.1, 0.15) is 11.6 Å². The Labute approximate surface area is 248 Å². The number of aromatic nitrogens is 1. The number of carboxylic acid groups (broad SMARTS) is 1. The lowest BCUT2D eigenvalue weighted by molar-refractivity contribution is -0.160. The molecule has 1 aromatic heterocycles. The van der Waals surface area contributed by atoms with Crippen molar-refractivity contribution in [1.29, 1.82) is 0 Å². The van der Waals surface area contributed by atoms with Gasteiger partial charge in [-0.25, -0.2) is 9.18 Å². The van der Waals surface area contributed by atoms with E-state index in [2.05, 4.69) is 18.7 Å². The molecule has 0 aliphatic carbocycles. The Morgan fingerprint density at radius 3 is 2.26 bits per heavy atom. The standard InChI is InChI=1S/C34H44FN3O4/c1-22-28(31(32(39)40)42-33(2,3)4)30(38-18-16-34(5,6)17-19-38)29(27(21-36)37-22)24-9-13-26(14-10-24)41-20-15-23-7-11-25(35)12-8-23/h7-14,31H,15-21,36H2,1-6H3,(H,39,40)/t31-/m0/s1. The first-order valence-corrected chi connectivity index (χ1v) is 14.6. The molecule has 3 aromatic rings. The van der Waals surface area contributed by atoms with Gasteiger partial charge in [-0.15, -0.1) is 0 Å². The Balaban J connectivity index is 1.75. The highest BCUT2D eigenvalue weighted by Crippen LogP contribution is 2.45. The Morgan fingerprint density at radius 1 is 1.10 bits per heavy atom. The molecule has 8 heteroatoms. The molecule has 1 aliphatic rings. The lowest BCUT2D eigenvalue weighted by Gasteiger charge is -2.41. The van der Waals surface area contributed by atoms with E-state index in [1.807, 2.05) is 52.0 Å². The summed E-state index contributed by atoms with van der Waals surface area (Å²) in [5.41, 5.74) is 11.2. The van der Waals surface area contributed by atoms with Crippen LogP contribution in [0.4, 0.5) is 10.1 Å². The van der Waals surface area contributed by atoms with Gasteiger partial charge in [-0.3, -0.25) is 4.98 Å². The van der Waals surface area contributed by atoms with Crippen molar-refractivity contribution in [2.24, 2.45) is 11.1 Å². The molecule has 2 aromatic carbocycles. The maximum Gasteiger partial charge on any atom is 0.337 e. The molecule has 2 heterocycles. The second-order valence-corrected chi connectivity index (χ2v) is 12.8. The largest absolute Gasteiger partial charge is 0.493 e. The summed E-state index contributed by atoms with van der Waals surface area (Å²) < 4.78 is 25.4. The highest BCUT2D eigenvalue weighted by atomic mass is 19.1. The number of nitrogens with two attached hydrogens (primary N) is 1. The molecule has 0 amide bonds. The molecule has 0 spiro atoms. The zero-order chi connectivity index (χ0) is 30.7.